The van der Waals surface area contributed by atoms with Crippen molar-refractivity contribution in [2.24, 2.45) is 12.1 Å². The smallest absolute Gasteiger partial charge is 0.267 e. The van der Waals surface area contributed by atoms with Crippen molar-refractivity contribution in [2.45, 2.75) is 32.1 Å². The Balaban J connectivity index is 1.97. The second-order valence-electron chi connectivity index (χ2n) is 4.44. The topological polar surface area (TPSA) is 45.3 Å². The van der Waals surface area contributed by atoms with Crippen molar-refractivity contribution in [1.82, 2.24) is 5.43 Å². The number of carbonyl (C=O) groups is 1. The predicted octanol–water partition coefficient (Wildman–Crippen LogP) is 1.56. The Labute approximate surface area is 101 Å². The highest BCUT2D eigenvalue weighted by atomic mass is 16.2. The van der Waals surface area contributed by atoms with Gasteiger partial charge in [-0.25, -0.2) is 9.99 Å². The van der Waals surface area contributed by atoms with Crippen molar-refractivity contribution in [3.05, 3.63) is 30.1 Å². The molecule has 17 heavy (non-hydrogen) atoms. The van der Waals surface area contributed by atoms with Gasteiger partial charge in [-0.1, -0.05) is 6.42 Å². The first-order valence-electron chi connectivity index (χ1n) is 6.07. The average Bonchev–Trinajstić information content (AvgIpc) is 2.37. The van der Waals surface area contributed by atoms with E-state index in [1.165, 1.54) is 19.3 Å². The van der Waals surface area contributed by atoms with E-state index in [2.05, 4.69) is 10.5 Å². The van der Waals surface area contributed by atoms with E-state index < -0.39 is 0 Å². The maximum absolute atomic E-state index is 11.8. The molecule has 4 nitrogen and oxygen atoms in total. The predicted molar refractivity (Wildman–Crippen MR) is 65.6 cm³/mol. The number of aryl methyl sites for hydroxylation is 1. The summed E-state index contributed by atoms with van der Waals surface area (Å²) in [6.07, 6.45) is 9.37. The second-order valence-corrected chi connectivity index (χ2v) is 4.44. The Hall–Kier alpha value is -1.71. The average molecular weight is 232 g/mol. The molecule has 1 aliphatic carbocycles. The minimum Gasteiger partial charge on any atom is -0.267 e. The second kappa shape index (κ2) is 5.57. The van der Waals surface area contributed by atoms with Gasteiger partial charge < -0.3 is 0 Å². The van der Waals surface area contributed by atoms with Crippen LogP contribution in [0.2, 0.25) is 0 Å². The molecule has 1 aromatic heterocycles. The van der Waals surface area contributed by atoms with E-state index in [9.17, 15) is 4.79 Å². The molecule has 0 bridgehead atoms. The first-order chi connectivity index (χ1) is 8.25. The van der Waals surface area contributed by atoms with E-state index in [-0.39, 0.29) is 5.91 Å². The van der Waals surface area contributed by atoms with Crippen LogP contribution in [0.5, 0.6) is 0 Å². The van der Waals surface area contributed by atoms with E-state index in [4.69, 9.17) is 0 Å². The quantitative estimate of drug-likeness (QED) is 0.610. The fraction of sp³-hybridized carbons (Fsp3) is 0.462. The molecule has 0 radical (unpaired) electrons. The van der Waals surface area contributed by atoms with Gasteiger partial charge in [-0.2, -0.15) is 5.10 Å². The van der Waals surface area contributed by atoms with Gasteiger partial charge in [-0.05, 0) is 31.7 Å². The van der Waals surface area contributed by atoms with Crippen molar-refractivity contribution in [3.63, 3.8) is 0 Å². The van der Waals surface area contributed by atoms with E-state index in [0.717, 1.165) is 18.6 Å². The van der Waals surface area contributed by atoms with E-state index in [1.807, 2.05) is 23.9 Å². The lowest BCUT2D eigenvalue weighted by Crippen LogP contribution is -2.30. The number of amides is 1. The number of hydrazone groups is 1. The number of hydrogen-bond donors (Lipinski definition) is 1. The van der Waals surface area contributed by atoms with Gasteiger partial charge in [0.05, 0.1) is 0 Å². The lowest BCUT2D eigenvalue weighted by atomic mass is 9.99. The lowest BCUT2D eigenvalue weighted by Gasteiger charge is -2.11. The Kier molecular flexibility index (Phi) is 3.85. The highest BCUT2D eigenvalue weighted by Crippen LogP contribution is 2.14. The standard InChI is InChI=1S/C13H17N3O/c1-16-9-5-6-11(10-16)13(17)15-14-12-7-3-2-4-8-12/h5-6,9-10H,2-4,7-8H2,1H3/p+1. The molecular weight excluding hydrogens is 214 g/mol. The molecule has 2 rings (SSSR count). The maximum Gasteiger partial charge on any atom is 0.277 e. The zero-order valence-electron chi connectivity index (χ0n) is 10.1. The van der Waals surface area contributed by atoms with Crippen LogP contribution in [-0.2, 0) is 7.05 Å². The molecule has 0 saturated heterocycles. The summed E-state index contributed by atoms with van der Waals surface area (Å²) in [5.41, 5.74) is 4.38. The summed E-state index contributed by atoms with van der Waals surface area (Å²) in [4.78, 5) is 11.8. The lowest BCUT2D eigenvalue weighted by molar-refractivity contribution is -0.671. The molecule has 4 heteroatoms. The van der Waals surface area contributed by atoms with Gasteiger partial charge in [0.2, 0.25) is 0 Å². The van der Waals surface area contributed by atoms with Crippen LogP contribution in [0.15, 0.2) is 29.6 Å². The molecule has 0 unspecified atom stereocenters. The third kappa shape index (κ3) is 3.37. The highest BCUT2D eigenvalue weighted by molar-refractivity contribution is 5.95. The van der Waals surface area contributed by atoms with Crippen LogP contribution in [0.4, 0.5) is 0 Å². The molecule has 1 aromatic rings. The van der Waals surface area contributed by atoms with Crippen LogP contribution >= 0.6 is 0 Å². The number of nitrogens with one attached hydrogen (secondary N) is 1. The van der Waals surface area contributed by atoms with Crippen LogP contribution in [0.25, 0.3) is 0 Å². The fourth-order valence-corrected chi connectivity index (χ4v) is 1.99. The summed E-state index contributed by atoms with van der Waals surface area (Å²) >= 11 is 0. The van der Waals surface area contributed by atoms with Crippen LogP contribution in [0, 0.1) is 0 Å². The van der Waals surface area contributed by atoms with Crippen molar-refractivity contribution >= 4 is 11.6 Å². The van der Waals surface area contributed by atoms with E-state index in [0.29, 0.717) is 5.56 Å². The third-order valence-electron chi connectivity index (χ3n) is 2.95. The number of rotatable bonds is 2. The van der Waals surface area contributed by atoms with Gasteiger partial charge in [0, 0.05) is 11.8 Å². The largest absolute Gasteiger partial charge is 0.277 e. The summed E-state index contributed by atoms with van der Waals surface area (Å²) in [6.45, 7) is 0. The Morgan fingerprint density at radius 1 is 1.35 bits per heavy atom. The summed E-state index contributed by atoms with van der Waals surface area (Å²) in [5, 5.41) is 4.20. The molecule has 1 amide bonds. The van der Waals surface area contributed by atoms with Crippen molar-refractivity contribution < 1.29 is 9.36 Å². The molecular formula is C13H18N3O+. The molecule has 0 aliphatic heterocycles. The molecule has 1 aliphatic rings. The molecule has 1 fully saturated rings. The van der Waals surface area contributed by atoms with Crippen LogP contribution < -0.4 is 9.99 Å². The Morgan fingerprint density at radius 2 is 2.12 bits per heavy atom. The molecule has 0 atom stereocenters. The molecule has 0 aromatic carbocycles. The minimum atomic E-state index is -0.140. The summed E-state index contributed by atoms with van der Waals surface area (Å²) in [6, 6.07) is 3.64. The van der Waals surface area contributed by atoms with Gasteiger partial charge in [0.25, 0.3) is 5.91 Å². The molecule has 1 N–H and O–H groups in total. The maximum atomic E-state index is 11.8. The van der Waals surface area contributed by atoms with Crippen molar-refractivity contribution in [1.29, 1.82) is 0 Å². The zero-order chi connectivity index (χ0) is 12.1. The van der Waals surface area contributed by atoms with Gasteiger partial charge in [0.15, 0.2) is 12.4 Å². The molecule has 0 spiro atoms. The number of carbonyl (C=O) groups excluding carboxylic acids is 1. The monoisotopic (exact) mass is 232 g/mol. The van der Waals surface area contributed by atoms with Gasteiger partial charge >= 0.3 is 0 Å². The van der Waals surface area contributed by atoms with Crippen LogP contribution in [-0.4, -0.2) is 11.6 Å². The molecule has 1 saturated carbocycles. The SMILES string of the molecule is C[n+]1cccc(C(=O)NN=C2CCCCC2)c1. The third-order valence-corrected chi connectivity index (χ3v) is 2.95. The van der Waals surface area contributed by atoms with E-state index in [1.54, 1.807) is 12.3 Å². The zero-order valence-corrected chi connectivity index (χ0v) is 10.1. The van der Waals surface area contributed by atoms with Crippen molar-refractivity contribution in [3.8, 4) is 0 Å². The summed E-state index contributed by atoms with van der Waals surface area (Å²) < 4.78 is 1.85. The number of nitrogens with zero attached hydrogens (tertiary/aromatic N) is 2. The first kappa shape index (κ1) is 11.8. The summed E-state index contributed by atoms with van der Waals surface area (Å²) in [5.74, 6) is -0.140. The number of hydrogen-bond acceptors (Lipinski definition) is 2. The van der Waals surface area contributed by atoms with Crippen LogP contribution in [0.1, 0.15) is 42.5 Å². The van der Waals surface area contributed by atoms with Gasteiger partial charge in [0.1, 0.15) is 12.6 Å². The molecule has 90 valence electrons. The summed E-state index contributed by atoms with van der Waals surface area (Å²) in [7, 11) is 1.89. The number of pyridine rings is 1. The minimum absolute atomic E-state index is 0.140. The van der Waals surface area contributed by atoms with Gasteiger partial charge in [-0.15, -0.1) is 0 Å². The molecule has 1 heterocycles. The number of aromatic nitrogens is 1. The first-order valence-corrected chi connectivity index (χ1v) is 6.07. The Bertz CT molecular complexity index is 432. The fourth-order valence-electron chi connectivity index (χ4n) is 1.99. The van der Waals surface area contributed by atoms with Gasteiger partial charge in [-0.3, -0.25) is 4.79 Å². The van der Waals surface area contributed by atoms with Crippen LogP contribution in [0.3, 0.4) is 0 Å². The highest BCUT2D eigenvalue weighted by Gasteiger charge is 2.10. The van der Waals surface area contributed by atoms with Crippen molar-refractivity contribution in [2.75, 3.05) is 0 Å². The Morgan fingerprint density at radius 3 is 2.82 bits per heavy atom. The normalized spacial score (nSPS) is 15.5. The van der Waals surface area contributed by atoms with E-state index >= 15 is 0 Å².